The van der Waals surface area contributed by atoms with Crippen LogP contribution in [0.3, 0.4) is 0 Å². The van der Waals surface area contributed by atoms with Crippen molar-refractivity contribution in [2.75, 3.05) is 45.9 Å². The number of morpholine rings is 1. The first-order valence-electron chi connectivity index (χ1n) is 7.86. The van der Waals surface area contributed by atoms with Gasteiger partial charge >= 0.3 is 5.97 Å². The molecule has 0 bridgehead atoms. The molecule has 0 aromatic heterocycles. The predicted molar refractivity (Wildman–Crippen MR) is 78.0 cm³/mol. The van der Waals surface area contributed by atoms with E-state index >= 15 is 0 Å². The average molecular weight is 298 g/mol. The highest BCUT2D eigenvalue weighted by Crippen LogP contribution is 2.26. The summed E-state index contributed by atoms with van der Waals surface area (Å²) in [6.45, 7) is 6.87. The number of aliphatic carboxylic acids is 1. The van der Waals surface area contributed by atoms with Crippen LogP contribution >= 0.6 is 0 Å². The zero-order valence-electron chi connectivity index (χ0n) is 12.8. The summed E-state index contributed by atoms with van der Waals surface area (Å²) in [6.07, 6.45) is 2.33. The van der Waals surface area contributed by atoms with E-state index < -0.39 is 5.97 Å². The topological polar surface area (TPSA) is 70.1 Å². The van der Waals surface area contributed by atoms with Crippen molar-refractivity contribution in [3.63, 3.8) is 0 Å². The molecule has 2 rings (SSSR count). The number of ether oxygens (including phenoxy) is 1. The first-order valence-corrected chi connectivity index (χ1v) is 7.86. The molecule has 6 nitrogen and oxygen atoms in total. The van der Waals surface area contributed by atoms with Crippen LogP contribution in [0.15, 0.2) is 0 Å². The van der Waals surface area contributed by atoms with Crippen molar-refractivity contribution < 1.29 is 19.4 Å². The van der Waals surface area contributed by atoms with Crippen molar-refractivity contribution in [3.8, 4) is 0 Å². The Labute approximate surface area is 126 Å². The van der Waals surface area contributed by atoms with Gasteiger partial charge in [-0.2, -0.15) is 0 Å². The second kappa shape index (κ2) is 7.75. The van der Waals surface area contributed by atoms with Crippen LogP contribution in [0.2, 0.25) is 0 Å². The highest BCUT2D eigenvalue weighted by molar-refractivity contribution is 5.78. The summed E-state index contributed by atoms with van der Waals surface area (Å²) in [4.78, 5) is 27.1. The lowest BCUT2D eigenvalue weighted by molar-refractivity contribution is -0.139. The van der Waals surface area contributed by atoms with Crippen LogP contribution in [-0.2, 0) is 14.3 Å². The van der Waals surface area contributed by atoms with Gasteiger partial charge in [0.2, 0.25) is 5.91 Å². The highest BCUT2D eigenvalue weighted by Gasteiger charge is 2.28. The van der Waals surface area contributed by atoms with Gasteiger partial charge in [-0.25, -0.2) is 0 Å². The van der Waals surface area contributed by atoms with Gasteiger partial charge in [-0.3, -0.25) is 14.5 Å². The molecular formula is C15H26N2O4. The Kier molecular flexibility index (Phi) is 5.99. The molecule has 0 aromatic rings. The number of carbonyl (C=O) groups is 2. The van der Waals surface area contributed by atoms with Crippen molar-refractivity contribution in [3.05, 3.63) is 0 Å². The molecule has 0 spiro atoms. The Morgan fingerprint density at radius 3 is 2.67 bits per heavy atom. The number of amides is 1. The first kappa shape index (κ1) is 16.2. The molecule has 2 aliphatic rings. The fraction of sp³-hybridized carbons (Fsp3) is 0.867. The average Bonchev–Trinajstić information content (AvgIpc) is 2.47. The molecular weight excluding hydrogens is 272 g/mol. The van der Waals surface area contributed by atoms with Crippen molar-refractivity contribution in [1.29, 1.82) is 0 Å². The second-order valence-electron chi connectivity index (χ2n) is 6.21. The quantitative estimate of drug-likeness (QED) is 0.808. The molecule has 0 aromatic carbocycles. The number of nitrogens with zero attached hydrogens (tertiary/aromatic N) is 2. The number of carboxylic acids is 1. The van der Waals surface area contributed by atoms with Crippen molar-refractivity contribution >= 4 is 11.9 Å². The van der Waals surface area contributed by atoms with Crippen LogP contribution in [-0.4, -0.2) is 72.7 Å². The van der Waals surface area contributed by atoms with Crippen LogP contribution in [0.5, 0.6) is 0 Å². The maximum absolute atomic E-state index is 12.3. The molecule has 21 heavy (non-hydrogen) atoms. The number of piperidine rings is 1. The lowest BCUT2D eigenvalue weighted by Gasteiger charge is -2.36. The number of carboxylic acid groups (broad SMARTS) is 1. The third-order valence-electron chi connectivity index (χ3n) is 4.57. The normalized spacial score (nSPS) is 25.6. The third-order valence-corrected chi connectivity index (χ3v) is 4.57. The Balaban J connectivity index is 1.80. The van der Waals surface area contributed by atoms with E-state index in [1.165, 1.54) is 0 Å². The summed E-state index contributed by atoms with van der Waals surface area (Å²) < 4.78 is 5.26. The zero-order chi connectivity index (χ0) is 15.2. The number of likely N-dealkylation sites (tertiary alicyclic amines) is 1. The summed E-state index contributed by atoms with van der Waals surface area (Å²) in [7, 11) is 0. The van der Waals surface area contributed by atoms with Gasteiger partial charge in [0.25, 0.3) is 0 Å². The Hall–Kier alpha value is -1.14. The minimum absolute atomic E-state index is 0.170. The van der Waals surface area contributed by atoms with Gasteiger partial charge in [-0.1, -0.05) is 6.92 Å². The molecule has 1 amide bonds. The van der Waals surface area contributed by atoms with E-state index in [-0.39, 0.29) is 18.2 Å². The van der Waals surface area contributed by atoms with Gasteiger partial charge in [0.15, 0.2) is 0 Å². The number of hydrogen-bond donors (Lipinski definition) is 1. The van der Waals surface area contributed by atoms with E-state index in [2.05, 4.69) is 4.90 Å². The molecule has 2 unspecified atom stereocenters. The van der Waals surface area contributed by atoms with Crippen molar-refractivity contribution in [1.82, 2.24) is 9.80 Å². The van der Waals surface area contributed by atoms with E-state index in [1.54, 1.807) is 0 Å². The molecule has 120 valence electrons. The fourth-order valence-electron chi connectivity index (χ4n) is 3.25. The van der Waals surface area contributed by atoms with Crippen LogP contribution in [0.1, 0.15) is 26.2 Å². The zero-order valence-corrected chi connectivity index (χ0v) is 12.8. The summed E-state index contributed by atoms with van der Waals surface area (Å²) in [6, 6.07) is 0. The predicted octanol–water partition coefficient (Wildman–Crippen LogP) is 0.668. The van der Waals surface area contributed by atoms with E-state index in [0.717, 1.165) is 25.9 Å². The molecule has 0 saturated carbocycles. The van der Waals surface area contributed by atoms with Crippen molar-refractivity contribution in [2.45, 2.75) is 26.2 Å². The maximum Gasteiger partial charge on any atom is 0.303 e. The van der Waals surface area contributed by atoms with Gasteiger partial charge in [0, 0.05) is 26.1 Å². The Morgan fingerprint density at radius 1 is 1.29 bits per heavy atom. The van der Waals surface area contributed by atoms with Crippen molar-refractivity contribution in [2.24, 2.45) is 11.8 Å². The number of carbonyl (C=O) groups excluding carboxylic acids is 1. The van der Waals surface area contributed by atoms with Crippen LogP contribution in [0.4, 0.5) is 0 Å². The second-order valence-corrected chi connectivity index (χ2v) is 6.21. The van der Waals surface area contributed by atoms with Crippen LogP contribution in [0, 0.1) is 11.8 Å². The van der Waals surface area contributed by atoms with Gasteiger partial charge in [0.1, 0.15) is 0 Å². The lowest BCUT2D eigenvalue weighted by Crippen LogP contribution is -2.48. The number of hydrogen-bond acceptors (Lipinski definition) is 4. The highest BCUT2D eigenvalue weighted by atomic mass is 16.5. The summed E-state index contributed by atoms with van der Waals surface area (Å²) in [5.41, 5.74) is 0. The molecule has 2 heterocycles. The molecule has 6 heteroatoms. The van der Waals surface area contributed by atoms with E-state index in [4.69, 9.17) is 9.84 Å². The van der Waals surface area contributed by atoms with Gasteiger partial charge in [0.05, 0.1) is 19.8 Å². The lowest BCUT2D eigenvalue weighted by atomic mass is 9.84. The van der Waals surface area contributed by atoms with E-state index in [9.17, 15) is 9.59 Å². The minimum Gasteiger partial charge on any atom is -0.481 e. The molecule has 1 N–H and O–H groups in total. The van der Waals surface area contributed by atoms with Crippen LogP contribution < -0.4 is 0 Å². The summed E-state index contributed by atoms with van der Waals surface area (Å²) >= 11 is 0. The monoisotopic (exact) mass is 298 g/mol. The van der Waals surface area contributed by atoms with E-state index in [0.29, 0.717) is 38.8 Å². The largest absolute Gasteiger partial charge is 0.481 e. The maximum atomic E-state index is 12.3. The molecule has 2 atom stereocenters. The van der Waals surface area contributed by atoms with E-state index in [1.807, 2.05) is 11.8 Å². The fourth-order valence-corrected chi connectivity index (χ4v) is 3.25. The molecule has 0 radical (unpaired) electrons. The SMILES string of the molecule is CC(CC(=O)O)C1CCCN(CC(=O)N2CCOCC2)C1. The molecule has 2 aliphatic heterocycles. The van der Waals surface area contributed by atoms with Gasteiger partial charge in [-0.15, -0.1) is 0 Å². The minimum atomic E-state index is -0.732. The third kappa shape index (κ3) is 4.97. The summed E-state index contributed by atoms with van der Waals surface area (Å²) in [5, 5.41) is 8.91. The smallest absolute Gasteiger partial charge is 0.303 e. The first-order chi connectivity index (χ1) is 10.1. The van der Waals surface area contributed by atoms with Gasteiger partial charge < -0.3 is 14.7 Å². The van der Waals surface area contributed by atoms with Crippen LogP contribution in [0.25, 0.3) is 0 Å². The molecule has 2 fully saturated rings. The van der Waals surface area contributed by atoms with Gasteiger partial charge in [-0.05, 0) is 31.2 Å². The summed E-state index contributed by atoms with van der Waals surface area (Å²) in [5.74, 6) is -0.00928. The standard InChI is InChI=1S/C15H26N2O4/c1-12(9-15(19)20)13-3-2-4-16(10-13)11-14(18)17-5-7-21-8-6-17/h12-13H,2-11H2,1H3,(H,19,20). The molecule has 2 saturated heterocycles. The Bertz CT molecular complexity index is 369. The number of rotatable bonds is 5. The molecule has 0 aliphatic carbocycles. The Morgan fingerprint density at radius 2 is 2.00 bits per heavy atom.